The van der Waals surface area contributed by atoms with Crippen molar-refractivity contribution in [2.45, 2.75) is 23.1 Å². The third-order valence-electron chi connectivity index (χ3n) is 4.65. The van der Waals surface area contributed by atoms with Crippen molar-refractivity contribution in [2.75, 3.05) is 19.6 Å². The molecule has 2 aromatic heterocycles. The first kappa shape index (κ1) is 15.2. The number of pyridine rings is 1. The van der Waals surface area contributed by atoms with E-state index >= 15 is 0 Å². The molecule has 4 nitrogen and oxygen atoms in total. The highest BCUT2D eigenvalue weighted by molar-refractivity contribution is 8.04. The molecule has 0 aliphatic carbocycles. The SMILES string of the molecule is O=C(/C=C\Sc1cc2ncccc2s1)N[C@H]1CN2CCC1CC2. The van der Waals surface area contributed by atoms with Gasteiger partial charge in [0.05, 0.1) is 14.4 Å². The number of carbonyl (C=O) groups is 1. The number of thiophene rings is 1. The topological polar surface area (TPSA) is 45.2 Å². The van der Waals surface area contributed by atoms with Crippen LogP contribution in [0, 0.1) is 5.92 Å². The second-order valence-electron chi connectivity index (χ2n) is 6.13. The number of hydrogen-bond acceptors (Lipinski definition) is 5. The minimum absolute atomic E-state index is 0.0236. The number of aromatic nitrogens is 1. The maximum atomic E-state index is 12.1. The molecule has 3 aliphatic heterocycles. The van der Waals surface area contributed by atoms with Crippen LogP contribution in [0.5, 0.6) is 0 Å². The number of carbonyl (C=O) groups excluding carboxylic acids is 1. The molecule has 1 N–H and O–H groups in total. The molecule has 2 bridgehead atoms. The summed E-state index contributed by atoms with van der Waals surface area (Å²) in [4.78, 5) is 18.9. The van der Waals surface area contributed by atoms with Crippen molar-refractivity contribution in [3.8, 4) is 0 Å². The monoisotopic (exact) mass is 345 g/mol. The lowest BCUT2D eigenvalue weighted by atomic mass is 9.84. The Morgan fingerprint density at radius 1 is 1.43 bits per heavy atom. The molecule has 5 rings (SSSR count). The van der Waals surface area contributed by atoms with Crippen LogP contribution >= 0.6 is 23.1 Å². The Bertz CT molecular complexity index is 701. The average molecular weight is 345 g/mol. The van der Waals surface area contributed by atoms with Gasteiger partial charge in [-0.1, -0.05) is 11.8 Å². The molecule has 0 saturated carbocycles. The molecule has 0 radical (unpaired) electrons. The van der Waals surface area contributed by atoms with Crippen LogP contribution in [-0.2, 0) is 4.79 Å². The number of thioether (sulfide) groups is 1. The van der Waals surface area contributed by atoms with Crippen molar-refractivity contribution in [1.29, 1.82) is 0 Å². The second kappa shape index (κ2) is 6.63. The number of hydrogen-bond donors (Lipinski definition) is 1. The van der Waals surface area contributed by atoms with E-state index in [0.29, 0.717) is 12.0 Å². The normalized spacial score (nSPS) is 26.9. The molecule has 1 amide bonds. The molecule has 2 aromatic rings. The van der Waals surface area contributed by atoms with Gasteiger partial charge in [-0.15, -0.1) is 11.3 Å². The molecule has 0 spiro atoms. The molecule has 120 valence electrons. The van der Waals surface area contributed by atoms with Gasteiger partial charge in [0.15, 0.2) is 0 Å². The summed E-state index contributed by atoms with van der Waals surface area (Å²) in [6.07, 6.45) is 5.90. The predicted molar refractivity (Wildman–Crippen MR) is 95.7 cm³/mol. The van der Waals surface area contributed by atoms with Gasteiger partial charge >= 0.3 is 0 Å². The minimum atomic E-state index is 0.0236. The number of nitrogens with one attached hydrogen (secondary N) is 1. The first-order chi connectivity index (χ1) is 11.3. The molecule has 3 saturated heterocycles. The quantitative estimate of drug-likeness (QED) is 0.683. The van der Waals surface area contributed by atoms with Gasteiger partial charge in [-0.25, -0.2) is 0 Å². The molecule has 5 heterocycles. The van der Waals surface area contributed by atoms with Crippen LogP contribution in [-0.4, -0.2) is 41.5 Å². The van der Waals surface area contributed by atoms with Gasteiger partial charge in [-0.05, 0) is 55.5 Å². The first-order valence-electron chi connectivity index (χ1n) is 7.98. The van der Waals surface area contributed by atoms with Gasteiger partial charge in [0.2, 0.25) is 5.91 Å². The third kappa shape index (κ3) is 3.44. The summed E-state index contributed by atoms with van der Waals surface area (Å²) in [6, 6.07) is 6.42. The molecule has 1 atom stereocenters. The van der Waals surface area contributed by atoms with Crippen molar-refractivity contribution in [3.05, 3.63) is 35.9 Å². The smallest absolute Gasteiger partial charge is 0.244 e. The fraction of sp³-hybridized carbons (Fsp3) is 0.412. The Kier molecular flexibility index (Phi) is 4.37. The zero-order chi connectivity index (χ0) is 15.6. The summed E-state index contributed by atoms with van der Waals surface area (Å²) in [5.41, 5.74) is 1.02. The lowest BCUT2D eigenvalue weighted by molar-refractivity contribution is -0.118. The maximum absolute atomic E-state index is 12.1. The second-order valence-corrected chi connectivity index (χ2v) is 8.42. The predicted octanol–water partition coefficient (Wildman–Crippen LogP) is 3.11. The van der Waals surface area contributed by atoms with E-state index in [-0.39, 0.29) is 5.91 Å². The maximum Gasteiger partial charge on any atom is 0.244 e. The Labute approximate surface area is 144 Å². The largest absolute Gasteiger partial charge is 0.348 e. The lowest BCUT2D eigenvalue weighted by Gasteiger charge is -2.44. The van der Waals surface area contributed by atoms with Crippen LogP contribution in [0.1, 0.15) is 12.8 Å². The van der Waals surface area contributed by atoms with Crippen LogP contribution in [0.3, 0.4) is 0 Å². The van der Waals surface area contributed by atoms with Crippen molar-refractivity contribution >= 4 is 39.2 Å². The summed E-state index contributed by atoms with van der Waals surface area (Å²) in [5.74, 6) is 0.689. The van der Waals surface area contributed by atoms with Gasteiger partial charge in [-0.3, -0.25) is 9.78 Å². The van der Waals surface area contributed by atoms with E-state index in [2.05, 4.69) is 27.3 Å². The number of amides is 1. The molecule has 6 heteroatoms. The van der Waals surface area contributed by atoms with Crippen LogP contribution in [0.4, 0.5) is 0 Å². The van der Waals surface area contributed by atoms with Gasteiger partial charge in [0, 0.05) is 24.9 Å². The van der Waals surface area contributed by atoms with Crippen LogP contribution in [0.25, 0.3) is 10.2 Å². The van der Waals surface area contributed by atoms with Crippen LogP contribution < -0.4 is 5.32 Å². The lowest BCUT2D eigenvalue weighted by Crippen LogP contribution is -2.57. The van der Waals surface area contributed by atoms with Crippen molar-refractivity contribution in [2.24, 2.45) is 5.92 Å². The summed E-state index contributed by atoms with van der Waals surface area (Å²) in [5, 5.41) is 5.05. The highest BCUT2D eigenvalue weighted by Crippen LogP contribution is 2.32. The van der Waals surface area contributed by atoms with Crippen LogP contribution in [0.2, 0.25) is 0 Å². The van der Waals surface area contributed by atoms with E-state index in [4.69, 9.17) is 0 Å². The van der Waals surface area contributed by atoms with Gasteiger partial charge in [0.25, 0.3) is 0 Å². The average Bonchev–Trinajstić information content (AvgIpc) is 2.98. The Morgan fingerprint density at radius 3 is 3.04 bits per heavy atom. The molecular formula is C17H19N3OS2. The summed E-state index contributed by atoms with van der Waals surface area (Å²) < 4.78 is 2.34. The zero-order valence-corrected chi connectivity index (χ0v) is 14.4. The van der Waals surface area contributed by atoms with E-state index in [1.54, 1.807) is 35.4 Å². The van der Waals surface area contributed by atoms with Gasteiger partial charge < -0.3 is 10.2 Å². The third-order valence-corrected chi connectivity index (χ3v) is 6.70. The highest BCUT2D eigenvalue weighted by Gasteiger charge is 2.34. The van der Waals surface area contributed by atoms with E-state index in [1.165, 1.54) is 30.6 Å². The van der Waals surface area contributed by atoms with Crippen molar-refractivity contribution in [3.63, 3.8) is 0 Å². The molecule has 0 aromatic carbocycles. The number of fused-ring (bicyclic) bond motifs is 4. The Hall–Kier alpha value is -1.37. The van der Waals surface area contributed by atoms with E-state index < -0.39 is 0 Å². The Balaban J connectivity index is 1.32. The van der Waals surface area contributed by atoms with E-state index in [0.717, 1.165) is 16.3 Å². The number of rotatable bonds is 4. The summed E-state index contributed by atoms with van der Waals surface area (Å²) in [6.45, 7) is 3.41. The van der Waals surface area contributed by atoms with Crippen LogP contribution in [0.15, 0.2) is 40.1 Å². The minimum Gasteiger partial charge on any atom is -0.348 e. The fourth-order valence-electron chi connectivity index (χ4n) is 3.43. The standard InChI is InChI=1S/C17H19N3OS2/c21-16(19-14-11-20-7-3-12(14)4-8-20)5-9-22-17-10-13-15(23-17)2-1-6-18-13/h1-2,5-6,9-10,12,14H,3-4,7-8,11H2,(H,19,21)/b9-5-/t14-/m0/s1. The van der Waals surface area contributed by atoms with Crippen molar-refractivity contribution < 1.29 is 4.79 Å². The molecule has 23 heavy (non-hydrogen) atoms. The molecule has 3 fully saturated rings. The van der Waals surface area contributed by atoms with Crippen molar-refractivity contribution in [1.82, 2.24) is 15.2 Å². The van der Waals surface area contributed by atoms with Gasteiger partial charge in [-0.2, -0.15) is 0 Å². The number of nitrogens with zero attached hydrogens (tertiary/aromatic N) is 2. The first-order valence-corrected chi connectivity index (χ1v) is 9.68. The summed E-state index contributed by atoms with van der Waals surface area (Å²) >= 11 is 3.28. The fourth-order valence-corrected chi connectivity index (χ4v) is 5.31. The molecule has 3 aliphatic rings. The molecular weight excluding hydrogens is 326 g/mol. The number of piperidine rings is 3. The Morgan fingerprint density at radius 2 is 2.30 bits per heavy atom. The zero-order valence-electron chi connectivity index (χ0n) is 12.8. The van der Waals surface area contributed by atoms with E-state index in [9.17, 15) is 4.79 Å². The highest BCUT2D eigenvalue weighted by atomic mass is 32.2. The molecule has 0 unspecified atom stereocenters. The van der Waals surface area contributed by atoms with E-state index in [1.807, 2.05) is 11.5 Å². The van der Waals surface area contributed by atoms with Gasteiger partial charge in [0.1, 0.15) is 0 Å². The summed E-state index contributed by atoms with van der Waals surface area (Å²) in [7, 11) is 0.